The summed E-state index contributed by atoms with van der Waals surface area (Å²) in [7, 11) is 0. The third kappa shape index (κ3) is 2.95. The van der Waals surface area contributed by atoms with Crippen LogP contribution in [-0.2, 0) is 13.0 Å². The van der Waals surface area contributed by atoms with Crippen molar-refractivity contribution in [2.24, 2.45) is 0 Å². The van der Waals surface area contributed by atoms with E-state index in [4.69, 9.17) is 9.72 Å². The highest BCUT2D eigenvalue weighted by Crippen LogP contribution is 2.42. The number of hydrogen-bond acceptors (Lipinski definition) is 6. The number of benzene rings is 1. The molecule has 132 valence electrons. The maximum absolute atomic E-state index is 9.67. The van der Waals surface area contributed by atoms with Gasteiger partial charge >= 0.3 is 0 Å². The van der Waals surface area contributed by atoms with Crippen molar-refractivity contribution in [3.8, 4) is 23.0 Å². The zero-order valence-corrected chi connectivity index (χ0v) is 15.5. The van der Waals surface area contributed by atoms with Crippen molar-refractivity contribution < 1.29 is 9.84 Å². The van der Waals surface area contributed by atoms with Gasteiger partial charge in [0.2, 0.25) is 5.88 Å². The number of ether oxygens (including phenoxy) is 1. The molecule has 0 fully saturated rings. The van der Waals surface area contributed by atoms with Crippen LogP contribution in [0.3, 0.4) is 0 Å². The SMILES string of the molecule is CCSc1nc(-c2ccccc2)nc2c1Cc1c(CO)cnc(C)c1O2. The number of aromatic nitrogens is 3. The van der Waals surface area contributed by atoms with Crippen LogP contribution in [0.4, 0.5) is 0 Å². The predicted octanol–water partition coefficient (Wildman–Crippen LogP) is 4.15. The van der Waals surface area contributed by atoms with E-state index in [9.17, 15) is 5.11 Å². The normalized spacial score (nSPS) is 12.3. The molecule has 3 heterocycles. The molecule has 0 bridgehead atoms. The van der Waals surface area contributed by atoms with Crippen molar-refractivity contribution in [3.05, 3.63) is 58.9 Å². The monoisotopic (exact) mass is 365 g/mol. The second-order valence-electron chi connectivity index (χ2n) is 6.05. The molecule has 1 aromatic carbocycles. The summed E-state index contributed by atoms with van der Waals surface area (Å²) in [5, 5.41) is 10.6. The Kier molecular flexibility index (Phi) is 4.61. The molecular weight excluding hydrogens is 346 g/mol. The number of rotatable bonds is 4. The Hall–Kier alpha value is -2.44. The van der Waals surface area contributed by atoms with Crippen LogP contribution in [0.25, 0.3) is 11.4 Å². The first kappa shape index (κ1) is 17.0. The summed E-state index contributed by atoms with van der Waals surface area (Å²) >= 11 is 1.68. The van der Waals surface area contributed by atoms with Crippen molar-refractivity contribution in [1.82, 2.24) is 15.0 Å². The third-order valence-electron chi connectivity index (χ3n) is 4.37. The van der Waals surface area contributed by atoms with Gasteiger partial charge in [-0.1, -0.05) is 37.3 Å². The first-order valence-corrected chi connectivity index (χ1v) is 9.55. The van der Waals surface area contributed by atoms with Crippen LogP contribution in [0, 0.1) is 6.92 Å². The van der Waals surface area contributed by atoms with Crippen molar-refractivity contribution in [2.45, 2.75) is 31.9 Å². The van der Waals surface area contributed by atoms with Crippen LogP contribution >= 0.6 is 11.8 Å². The molecule has 3 aromatic rings. The summed E-state index contributed by atoms with van der Waals surface area (Å²) in [6, 6.07) is 9.91. The van der Waals surface area contributed by atoms with Crippen LogP contribution < -0.4 is 4.74 Å². The summed E-state index contributed by atoms with van der Waals surface area (Å²) in [5.74, 6) is 2.86. The number of nitrogens with zero attached hydrogens (tertiary/aromatic N) is 3. The minimum absolute atomic E-state index is 0.0620. The molecule has 1 N–H and O–H groups in total. The topological polar surface area (TPSA) is 68.1 Å². The molecule has 0 saturated heterocycles. The summed E-state index contributed by atoms with van der Waals surface area (Å²) < 4.78 is 6.16. The van der Waals surface area contributed by atoms with E-state index in [2.05, 4.69) is 16.9 Å². The molecule has 4 rings (SSSR count). The van der Waals surface area contributed by atoms with Gasteiger partial charge in [-0.15, -0.1) is 11.8 Å². The molecule has 1 aliphatic rings. The lowest BCUT2D eigenvalue weighted by molar-refractivity contribution is 0.278. The van der Waals surface area contributed by atoms with Crippen LogP contribution in [0.15, 0.2) is 41.6 Å². The second kappa shape index (κ2) is 7.05. The number of fused-ring (bicyclic) bond motifs is 2. The molecule has 0 spiro atoms. The van der Waals surface area contributed by atoms with Gasteiger partial charge in [-0.05, 0) is 12.7 Å². The van der Waals surface area contributed by atoms with Gasteiger partial charge in [-0.2, -0.15) is 4.98 Å². The number of aliphatic hydroxyl groups excluding tert-OH is 1. The lowest BCUT2D eigenvalue weighted by Gasteiger charge is -2.24. The van der Waals surface area contributed by atoms with Gasteiger partial charge in [0, 0.05) is 29.3 Å². The van der Waals surface area contributed by atoms with Crippen molar-refractivity contribution in [1.29, 1.82) is 0 Å². The summed E-state index contributed by atoms with van der Waals surface area (Å²) in [4.78, 5) is 13.8. The number of thioether (sulfide) groups is 1. The number of aryl methyl sites for hydroxylation is 1. The molecule has 0 amide bonds. The highest BCUT2D eigenvalue weighted by Gasteiger charge is 2.27. The lowest BCUT2D eigenvalue weighted by Crippen LogP contribution is -2.13. The Morgan fingerprint density at radius 1 is 1.15 bits per heavy atom. The van der Waals surface area contributed by atoms with E-state index in [1.807, 2.05) is 37.3 Å². The van der Waals surface area contributed by atoms with E-state index >= 15 is 0 Å². The molecule has 0 atom stereocenters. The molecule has 0 saturated carbocycles. The first-order chi connectivity index (χ1) is 12.7. The molecule has 0 aliphatic carbocycles. The van der Waals surface area contributed by atoms with Gasteiger partial charge in [0.25, 0.3) is 0 Å². The minimum atomic E-state index is -0.0620. The fourth-order valence-corrected chi connectivity index (χ4v) is 3.82. The minimum Gasteiger partial charge on any atom is -0.436 e. The Labute approximate surface area is 156 Å². The lowest BCUT2D eigenvalue weighted by atomic mass is 9.99. The smallest absolute Gasteiger partial charge is 0.227 e. The van der Waals surface area contributed by atoms with Crippen LogP contribution in [0.2, 0.25) is 0 Å². The van der Waals surface area contributed by atoms with Crippen molar-refractivity contribution in [2.75, 3.05) is 5.75 Å². The average molecular weight is 365 g/mol. The van der Waals surface area contributed by atoms with Gasteiger partial charge in [-0.3, -0.25) is 4.98 Å². The predicted molar refractivity (Wildman–Crippen MR) is 102 cm³/mol. The second-order valence-corrected chi connectivity index (χ2v) is 7.30. The van der Waals surface area contributed by atoms with Crippen LogP contribution in [0.1, 0.15) is 29.3 Å². The Bertz CT molecular complexity index is 961. The zero-order valence-electron chi connectivity index (χ0n) is 14.7. The molecular formula is C20H19N3O2S. The number of pyridine rings is 1. The Morgan fingerprint density at radius 2 is 1.96 bits per heavy atom. The van der Waals surface area contributed by atoms with E-state index in [0.717, 1.165) is 38.7 Å². The van der Waals surface area contributed by atoms with Gasteiger partial charge in [0.05, 0.1) is 17.9 Å². The third-order valence-corrected chi connectivity index (χ3v) is 5.27. The molecule has 6 heteroatoms. The molecule has 5 nitrogen and oxygen atoms in total. The van der Waals surface area contributed by atoms with Crippen LogP contribution in [0.5, 0.6) is 11.6 Å². The summed E-state index contributed by atoms with van der Waals surface area (Å²) in [6.45, 7) is 3.95. The average Bonchev–Trinajstić information content (AvgIpc) is 2.68. The zero-order chi connectivity index (χ0) is 18.1. The highest BCUT2D eigenvalue weighted by molar-refractivity contribution is 7.99. The Balaban J connectivity index is 1.86. The summed E-state index contributed by atoms with van der Waals surface area (Å²) in [5.41, 5.74) is 4.50. The van der Waals surface area contributed by atoms with E-state index in [1.54, 1.807) is 18.0 Å². The molecule has 0 radical (unpaired) electrons. The maximum Gasteiger partial charge on any atom is 0.227 e. The first-order valence-electron chi connectivity index (χ1n) is 8.56. The van der Waals surface area contributed by atoms with E-state index in [1.165, 1.54) is 0 Å². The van der Waals surface area contributed by atoms with E-state index < -0.39 is 0 Å². The van der Waals surface area contributed by atoms with Gasteiger partial charge in [0.15, 0.2) is 11.6 Å². The van der Waals surface area contributed by atoms with Gasteiger partial charge < -0.3 is 9.84 Å². The van der Waals surface area contributed by atoms with Crippen molar-refractivity contribution in [3.63, 3.8) is 0 Å². The van der Waals surface area contributed by atoms with Crippen LogP contribution in [-0.4, -0.2) is 25.8 Å². The fraction of sp³-hybridized carbons (Fsp3) is 0.250. The van der Waals surface area contributed by atoms with Crippen molar-refractivity contribution >= 4 is 11.8 Å². The van der Waals surface area contributed by atoms with Gasteiger partial charge in [-0.25, -0.2) is 4.98 Å². The molecule has 1 aliphatic heterocycles. The number of aliphatic hydroxyl groups is 1. The van der Waals surface area contributed by atoms with Gasteiger partial charge in [0.1, 0.15) is 5.03 Å². The fourth-order valence-electron chi connectivity index (χ4n) is 3.07. The standard InChI is InChI=1S/C20H19N3O2S/c1-3-26-20-16-9-15-14(11-24)10-21-12(2)17(15)25-19(16)22-18(23-20)13-7-5-4-6-8-13/h4-8,10,24H,3,9,11H2,1-2H3. The largest absolute Gasteiger partial charge is 0.436 e. The maximum atomic E-state index is 9.67. The number of hydrogen-bond donors (Lipinski definition) is 1. The van der Waals surface area contributed by atoms with E-state index in [-0.39, 0.29) is 6.61 Å². The summed E-state index contributed by atoms with van der Waals surface area (Å²) in [6.07, 6.45) is 2.36. The quantitative estimate of drug-likeness (QED) is 0.433. The van der Waals surface area contributed by atoms with E-state index in [0.29, 0.717) is 23.9 Å². The Morgan fingerprint density at radius 3 is 2.69 bits per heavy atom. The highest BCUT2D eigenvalue weighted by atomic mass is 32.2. The molecule has 26 heavy (non-hydrogen) atoms. The molecule has 2 aromatic heterocycles. The molecule has 0 unspecified atom stereocenters.